The molecular formula is C30H44N2O10S. The van der Waals surface area contributed by atoms with Crippen molar-refractivity contribution in [2.24, 2.45) is 5.92 Å². The zero-order valence-corrected chi connectivity index (χ0v) is 26.8. The SMILES string of the molecule is CC[C@H]1O[C@H](SC[C@H](NC(=O)[C@H](Cc2ccc(O)cc2)NC(=O)OC(C)(C)C)C(C)=O)[C@H](OC(C)=O)[C@@H](OC(C)=O)[C@@H]1C. The number of amides is 2. The molecule has 12 nitrogen and oxygen atoms in total. The number of rotatable bonds is 12. The summed E-state index contributed by atoms with van der Waals surface area (Å²) in [6, 6.07) is 4.06. The summed E-state index contributed by atoms with van der Waals surface area (Å²) in [4.78, 5) is 62.5. The number of thioether (sulfide) groups is 1. The number of nitrogens with one attached hydrogen (secondary N) is 2. The number of aromatic hydroxyl groups is 1. The topological polar surface area (TPSA) is 167 Å². The first-order valence-corrected chi connectivity index (χ1v) is 15.2. The predicted octanol–water partition coefficient (Wildman–Crippen LogP) is 3.27. The minimum absolute atomic E-state index is 0.0411. The number of alkyl carbamates (subject to hydrolysis) is 1. The Labute approximate surface area is 256 Å². The summed E-state index contributed by atoms with van der Waals surface area (Å²) in [6.45, 7) is 12.7. The Kier molecular flexibility index (Phi) is 13.3. The minimum atomic E-state index is -1.11. The van der Waals surface area contributed by atoms with Crippen LogP contribution in [0.5, 0.6) is 5.75 Å². The molecule has 0 bridgehead atoms. The van der Waals surface area contributed by atoms with Crippen molar-refractivity contribution in [2.75, 3.05) is 5.75 Å². The van der Waals surface area contributed by atoms with Crippen LogP contribution in [-0.4, -0.2) is 82.0 Å². The first-order chi connectivity index (χ1) is 20.0. The van der Waals surface area contributed by atoms with Gasteiger partial charge < -0.3 is 34.7 Å². The Morgan fingerprint density at radius 3 is 2.05 bits per heavy atom. The zero-order chi connectivity index (χ0) is 32.5. The van der Waals surface area contributed by atoms with Crippen LogP contribution in [0.15, 0.2) is 24.3 Å². The van der Waals surface area contributed by atoms with E-state index in [1.807, 2.05) is 13.8 Å². The largest absolute Gasteiger partial charge is 0.508 e. The van der Waals surface area contributed by atoms with Crippen LogP contribution in [0.2, 0.25) is 0 Å². The number of benzene rings is 1. The molecule has 1 aliphatic heterocycles. The molecule has 0 radical (unpaired) electrons. The van der Waals surface area contributed by atoms with Crippen LogP contribution in [0.3, 0.4) is 0 Å². The van der Waals surface area contributed by atoms with Crippen molar-refractivity contribution in [3.63, 3.8) is 0 Å². The van der Waals surface area contributed by atoms with Gasteiger partial charge in [-0.05, 0) is 51.8 Å². The summed E-state index contributed by atoms with van der Waals surface area (Å²) in [5.41, 5.74) is -0.946. The lowest BCUT2D eigenvalue weighted by atomic mass is 9.89. The van der Waals surface area contributed by atoms with Gasteiger partial charge in [-0.1, -0.05) is 26.0 Å². The zero-order valence-electron chi connectivity index (χ0n) is 26.0. The third-order valence-corrected chi connectivity index (χ3v) is 7.86. The van der Waals surface area contributed by atoms with E-state index in [0.717, 1.165) is 11.8 Å². The van der Waals surface area contributed by atoms with E-state index in [4.69, 9.17) is 18.9 Å². The van der Waals surface area contributed by atoms with E-state index < -0.39 is 59.3 Å². The molecule has 1 aromatic carbocycles. The van der Waals surface area contributed by atoms with Crippen LogP contribution < -0.4 is 10.6 Å². The highest BCUT2D eigenvalue weighted by atomic mass is 32.2. The molecule has 3 N–H and O–H groups in total. The van der Waals surface area contributed by atoms with Crippen molar-refractivity contribution in [2.45, 2.75) is 110 Å². The molecule has 1 saturated heterocycles. The number of phenols is 1. The molecule has 1 fully saturated rings. The number of carbonyl (C=O) groups is 5. The van der Waals surface area contributed by atoms with Crippen molar-refractivity contribution < 1.29 is 48.0 Å². The highest BCUT2D eigenvalue weighted by Gasteiger charge is 2.47. The fourth-order valence-corrected chi connectivity index (χ4v) is 5.89. The van der Waals surface area contributed by atoms with E-state index in [-0.39, 0.29) is 35.7 Å². The van der Waals surface area contributed by atoms with E-state index in [9.17, 15) is 29.1 Å². The van der Waals surface area contributed by atoms with Gasteiger partial charge in [-0.2, -0.15) is 0 Å². The van der Waals surface area contributed by atoms with Gasteiger partial charge in [-0.15, -0.1) is 11.8 Å². The second-order valence-corrected chi connectivity index (χ2v) is 12.7. The van der Waals surface area contributed by atoms with Crippen LogP contribution in [0.4, 0.5) is 4.79 Å². The second-order valence-electron chi connectivity index (χ2n) is 11.5. The number of ketones is 1. The van der Waals surface area contributed by atoms with E-state index in [1.54, 1.807) is 32.9 Å². The summed E-state index contributed by atoms with van der Waals surface area (Å²) in [5, 5.41) is 14.9. The molecule has 1 aromatic rings. The van der Waals surface area contributed by atoms with Crippen LogP contribution in [0, 0.1) is 5.92 Å². The average molecular weight is 625 g/mol. The maximum Gasteiger partial charge on any atom is 0.408 e. The number of hydrogen-bond acceptors (Lipinski definition) is 11. The molecule has 0 spiro atoms. The molecule has 2 amide bonds. The van der Waals surface area contributed by atoms with E-state index in [1.165, 1.54) is 32.9 Å². The number of phenolic OH excluding ortho intramolecular Hbond substituents is 1. The Bertz CT molecular complexity index is 1140. The molecular weight excluding hydrogens is 580 g/mol. The fourth-order valence-electron chi connectivity index (χ4n) is 4.57. The Morgan fingerprint density at radius 2 is 1.53 bits per heavy atom. The van der Waals surface area contributed by atoms with E-state index in [0.29, 0.717) is 12.0 Å². The molecule has 13 heteroatoms. The van der Waals surface area contributed by atoms with Crippen LogP contribution in [0.25, 0.3) is 0 Å². The lowest BCUT2D eigenvalue weighted by molar-refractivity contribution is -0.207. The number of ether oxygens (including phenoxy) is 4. The van der Waals surface area contributed by atoms with Gasteiger partial charge in [0, 0.05) is 31.9 Å². The van der Waals surface area contributed by atoms with Gasteiger partial charge in [0.25, 0.3) is 0 Å². The monoisotopic (exact) mass is 624 g/mol. The first kappa shape index (κ1) is 35.9. The molecule has 43 heavy (non-hydrogen) atoms. The highest BCUT2D eigenvalue weighted by Crippen LogP contribution is 2.37. The van der Waals surface area contributed by atoms with Gasteiger partial charge >= 0.3 is 18.0 Å². The van der Waals surface area contributed by atoms with Crippen molar-refractivity contribution in [3.05, 3.63) is 29.8 Å². The summed E-state index contributed by atoms with van der Waals surface area (Å²) < 4.78 is 22.6. The van der Waals surface area contributed by atoms with Gasteiger partial charge in [0.2, 0.25) is 5.91 Å². The highest BCUT2D eigenvalue weighted by molar-refractivity contribution is 7.99. The molecule has 0 saturated carbocycles. The molecule has 1 heterocycles. The first-order valence-electron chi connectivity index (χ1n) is 14.2. The van der Waals surface area contributed by atoms with E-state index in [2.05, 4.69) is 10.6 Å². The Balaban J connectivity index is 2.25. The fraction of sp³-hybridized carbons (Fsp3) is 0.633. The quantitative estimate of drug-likeness (QED) is 0.231. The van der Waals surface area contributed by atoms with Crippen molar-refractivity contribution in [1.29, 1.82) is 0 Å². The summed E-state index contributed by atoms with van der Waals surface area (Å²) >= 11 is 1.15. The van der Waals surface area contributed by atoms with Crippen molar-refractivity contribution in [1.82, 2.24) is 10.6 Å². The van der Waals surface area contributed by atoms with Gasteiger partial charge in [-0.25, -0.2) is 4.79 Å². The maximum absolute atomic E-state index is 13.5. The van der Waals surface area contributed by atoms with E-state index >= 15 is 0 Å². The summed E-state index contributed by atoms with van der Waals surface area (Å²) in [6.07, 6.45) is -2.17. The summed E-state index contributed by atoms with van der Waals surface area (Å²) in [7, 11) is 0. The third-order valence-electron chi connectivity index (χ3n) is 6.63. The number of hydrogen-bond donors (Lipinski definition) is 3. The minimum Gasteiger partial charge on any atom is -0.508 e. The number of carbonyl (C=O) groups excluding carboxylic acids is 5. The van der Waals surface area contributed by atoms with Crippen molar-refractivity contribution >= 4 is 41.5 Å². The molecule has 0 aliphatic carbocycles. The predicted molar refractivity (Wildman–Crippen MR) is 159 cm³/mol. The lowest BCUT2D eigenvalue weighted by Gasteiger charge is -2.44. The number of esters is 2. The van der Waals surface area contributed by atoms with Gasteiger partial charge in [0.05, 0.1) is 12.1 Å². The maximum atomic E-state index is 13.5. The Morgan fingerprint density at radius 1 is 0.953 bits per heavy atom. The van der Waals surface area contributed by atoms with Crippen LogP contribution in [-0.2, 0) is 44.5 Å². The van der Waals surface area contributed by atoms with Crippen molar-refractivity contribution in [3.8, 4) is 5.75 Å². The standard InChI is InChI=1S/C30H44N2O10S/c1-9-24-16(2)25(39-18(4)34)26(40-19(5)35)28(41-24)43-15-23(17(3)33)31-27(37)22(32-29(38)42-30(6,7)8)14-20-10-12-21(36)13-11-20/h10-13,16,22-26,28,36H,9,14-15H2,1-8H3,(H,31,37)(H,32,38)/t16-,22+,23+,24-,25+,26-,28-/m1/s1. The van der Waals surface area contributed by atoms with Crippen LogP contribution >= 0.6 is 11.8 Å². The summed E-state index contributed by atoms with van der Waals surface area (Å²) in [5.74, 6) is -2.26. The second kappa shape index (κ2) is 15.9. The lowest BCUT2D eigenvalue weighted by Crippen LogP contribution is -2.56. The molecule has 0 unspecified atom stereocenters. The Hall–Kier alpha value is -3.32. The van der Waals surface area contributed by atoms with Gasteiger partial charge in [0.1, 0.15) is 28.9 Å². The third kappa shape index (κ3) is 11.7. The smallest absolute Gasteiger partial charge is 0.408 e. The van der Waals surface area contributed by atoms with Gasteiger partial charge in [0.15, 0.2) is 11.9 Å². The van der Waals surface area contributed by atoms with Gasteiger partial charge in [-0.3, -0.25) is 19.2 Å². The molecule has 2 rings (SSSR count). The molecule has 240 valence electrons. The normalized spacial score (nSPS) is 23.3. The number of Topliss-reactive ketones (excluding diaryl/α,β-unsaturated/α-hetero) is 1. The molecule has 1 aliphatic rings. The molecule has 0 aromatic heterocycles. The average Bonchev–Trinajstić information content (AvgIpc) is 2.88. The molecule has 7 atom stereocenters. The van der Waals surface area contributed by atoms with Crippen LogP contribution in [0.1, 0.15) is 67.4 Å².